The first-order valence-corrected chi connectivity index (χ1v) is 6.60. The van der Waals surface area contributed by atoms with Gasteiger partial charge in [-0.15, -0.1) is 0 Å². The van der Waals surface area contributed by atoms with Crippen molar-refractivity contribution in [3.63, 3.8) is 0 Å². The molecule has 0 radical (unpaired) electrons. The number of aromatic nitrogens is 3. The van der Waals surface area contributed by atoms with Gasteiger partial charge in [-0.1, -0.05) is 28.1 Å². The van der Waals surface area contributed by atoms with Crippen molar-refractivity contribution < 1.29 is 13.2 Å². The molecule has 0 saturated carbocycles. The van der Waals surface area contributed by atoms with Crippen LogP contribution in [-0.2, 0) is 6.18 Å². The van der Waals surface area contributed by atoms with Crippen molar-refractivity contribution in [2.45, 2.75) is 6.18 Å². The first-order valence-electron chi connectivity index (χ1n) is 5.80. The SMILES string of the molecule is O=c1[nH]c(-c2ccc(Br)cc2)cn2nc(C(F)(F)F)cc12. The molecule has 0 aliphatic rings. The number of nitrogens with zero attached hydrogens (tertiary/aromatic N) is 2. The van der Waals surface area contributed by atoms with Gasteiger partial charge < -0.3 is 4.98 Å². The molecule has 0 saturated heterocycles. The highest BCUT2D eigenvalue weighted by atomic mass is 79.9. The van der Waals surface area contributed by atoms with Crippen molar-refractivity contribution in [1.29, 1.82) is 0 Å². The molecule has 4 nitrogen and oxygen atoms in total. The van der Waals surface area contributed by atoms with Crippen LogP contribution in [0.25, 0.3) is 16.8 Å². The molecule has 0 bridgehead atoms. The van der Waals surface area contributed by atoms with E-state index in [9.17, 15) is 18.0 Å². The fraction of sp³-hybridized carbons (Fsp3) is 0.0769. The Morgan fingerprint density at radius 1 is 1.19 bits per heavy atom. The number of halogens is 4. The maximum Gasteiger partial charge on any atom is 0.435 e. The minimum Gasteiger partial charge on any atom is -0.319 e. The Hall–Kier alpha value is -2.09. The van der Waals surface area contributed by atoms with Crippen LogP contribution in [0.5, 0.6) is 0 Å². The second kappa shape index (κ2) is 4.73. The number of benzene rings is 1. The fourth-order valence-electron chi connectivity index (χ4n) is 1.92. The number of rotatable bonds is 1. The van der Waals surface area contributed by atoms with E-state index in [2.05, 4.69) is 26.0 Å². The molecule has 3 rings (SSSR count). The Morgan fingerprint density at radius 2 is 1.86 bits per heavy atom. The number of H-pyrrole nitrogens is 1. The molecule has 0 aliphatic carbocycles. The molecule has 0 amide bonds. The molecule has 2 aromatic heterocycles. The topological polar surface area (TPSA) is 50.2 Å². The molecule has 0 atom stereocenters. The molecule has 8 heteroatoms. The second-order valence-electron chi connectivity index (χ2n) is 4.36. The fourth-order valence-corrected chi connectivity index (χ4v) is 2.18. The van der Waals surface area contributed by atoms with Crippen molar-refractivity contribution in [2.24, 2.45) is 0 Å². The van der Waals surface area contributed by atoms with E-state index in [0.29, 0.717) is 11.3 Å². The maximum atomic E-state index is 12.6. The minimum absolute atomic E-state index is 0.150. The summed E-state index contributed by atoms with van der Waals surface area (Å²) in [6.07, 6.45) is -3.23. The summed E-state index contributed by atoms with van der Waals surface area (Å²) in [4.78, 5) is 14.4. The van der Waals surface area contributed by atoms with E-state index in [1.165, 1.54) is 6.20 Å². The normalized spacial score (nSPS) is 12.0. The summed E-state index contributed by atoms with van der Waals surface area (Å²) >= 11 is 3.28. The van der Waals surface area contributed by atoms with Crippen LogP contribution in [0.1, 0.15) is 5.69 Å². The molecule has 2 heterocycles. The summed E-state index contributed by atoms with van der Waals surface area (Å²) in [6, 6.07) is 7.72. The van der Waals surface area contributed by atoms with Gasteiger partial charge in [-0.2, -0.15) is 18.3 Å². The van der Waals surface area contributed by atoms with E-state index >= 15 is 0 Å². The molecule has 3 aromatic rings. The lowest BCUT2D eigenvalue weighted by atomic mass is 10.2. The highest BCUT2D eigenvalue weighted by Crippen LogP contribution is 2.28. The zero-order chi connectivity index (χ0) is 15.2. The van der Waals surface area contributed by atoms with E-state index < -0.39 is 17.4 Å². The molecule has 0 aliphatic heterocycles. The molecule has 1 N–H and O–H groups in total. The van der Waals surface area contributed by atoms with Gasteiger partial charge in [-0.05, 0) is 17.7 Å². The van der Waals surface area contributed by atoms with Crippen LogP contribution in [-0.4, -0.2) is 14.6 Å². The van der Waals surface area contributed by atoms with Gasteiger partial charge in [0.15, 0.2) is 5.69 Å². The third-order valence-corrected chi connectivity index (χ3v) is 3.44. The average molecular weight is 358 g/mol. The lowest BCUT2D eigenvalue weighted by molar-refractivity contribution is -0.141. The van der Waals surface area contributed by atoms with E-state index in [-0.39, 0.29) is 5.52 Å². The Kier molecular flexibility index (Phi) is 3.12. The number of hydrogen-bond acceptors (Lipinski definition) is 2. The van der Waals surface area contributed by atoms with Gasteiger partial charge in [0.2, 0.25) is 0 Å². The smallest absolute Gasteiger partial charge is 0.319 e. The highest BCUT2D eigenvalue weighted by molar-refractivity contribution is 9.10. The maximum absolute atomic E-state index is 12.6. The van der Waals surface area contributed by atoms with Gasteiger partial charge in [0.1, 0.15) is 5.52 Å². The summed E-state index contributed by atoms with van der Waals surface area (Å²) in [7, 11) is 0. The van der Waals surface area contributed by atoms with Crippen LogP contribution in [0, 0.1) is 0 Å². The molecular weight excluding hydrogens is 351 g/mol. The zero-order valence-corrected chi connectivity index (χ0v) is 11.9. The average Bonchev–Trinajstić information content (AvgIpc) is 2.84. The van der Waals surface area contributed by atoms with Crippen LogP contribution in [0.4, 0.5) is 13.2 Å². The highest BCUT2D eigenvalue weighted by Gasteiger charge is 2.34. The van der Waals surface area contributed by atoms with Gasteiger partial charge in [-0.3, -0.25) is 4.79 Å². The van der Waals surface area contributed by atoms with Crippen molar-refractivity contribution in [1.82, 2.24) is 14.6 Å². The Morgan fingerprint density at radius 3 is 2.48 bits per heavy atom. The summed E-state index contributed by atoms with van der Waals surface area (Å²) in [6.45, 7) is 0. The monoisotopic (exact) mass is 357 g/mol. The lowest BCUT2D eigenvalue weighted by Gasteiger charge is -2.02. The number of hydrogen-bond donors (Lipinski definition) is 1. The summed E-state index contributed by atoms with van der Waals surface area (Å²) in [5.74, 6) is 0. The van der Waals surface area contributed by atoms with Crippen LogP contribution in [0.15, 0.2) is 45.8 Å². The second-order valence-corrected chi connectivity index (χ2v) is 5.28. The van der Waals surface area contributed by atoms with E-state index in [1.54, 1.807) is 24.3 Å². The van der Waals surface area contributed by atoms with Crippen LogP contribution < -0.4 is 5.56 Å². The molecular formula is C13H7BrF3N3O. The molecule has 1 aromatic carbocycles. The quantitative estimate of drug-likeness (QED) is 0.724. The molecule has 108 valence electrons. The van der Waals surface area contributed by atoms with Gasteiger partial charge in [-0.25, -0.2) is 4.52 Å². The third kappa shape index (κ3) is 2.58. The number of fused-ring (bicyclic) bond motifs is 1. The van der Waals surface area contributed by atoms with Crippen molar-refractivity contribution in [3.8, 4) is 11.3 Å². The predicted octanol–water partition coefficient (Wildman–Crippen LogP) is 3.47. The molecule has 0 spiro atoms. The van der Waals surface area contributed by atoms with E-state index in [1.807, 2.05) is 0 Å². The number of alkyl halides is 3. The van der Waals surface area contributed by atoms with Gasteiger partial charge in [0.25, 0.3) is 5.56 Å². The molecule has 0 fully saturated rings. The van der Waals surface area contributed by atoms with Crippen LogP contribution in [0.2, 0.25) is 0 Å². The van der Waals surface area contributed by atoms with Gasteiger partial charge in [0, 0.05) is 10.5 Å². The van der Waals surface area contributed by atoms with Crippen molar-refractivity contribution in [3.05, 3.63) is 57.0 Å². The Labute approximate surface area is 124 Å². The standard InChI is InChI=1S/C13H7BrF3N3O/c14-8-3-1-7(2-4-8)9-6-20-10(12(21)18-9)5-11(19-20)13(15,16)17/h1-6H,(H,18,21). The zero-order valence-electron chi connectivity index (χ0n) is 10.3. The third-order valence-electron chi connectivity index (χ3n) is 2.91. The van der Waals surface area contributed by atoms with Crippen molar-refractivity contribution in [2.75, 3.05) is 0 Å². The number of nitrogens with one attached hydrogen (secondary N) is 1. The largest absolute Gasteiger partial charge is 0.435 e. The summed E-state index contributed by atoms with van der Waals surface area (Å²) < 4.78 is 39.7. The minimum atomic E-state index is -4.59. The summed E-state index contributed by atoms with van der Waals surface area (Å²) in [5, 5.41) is 3.41. The van der Waals surface area contributed by atoms with Crippen LogP contribution >= 0.6 is 15.9 Å². The van der Waals surface area contributed by atoms with Crippen LogP contribution in [0.3, 0.4) is 0 Å². The molecule has 0 unspecified atom stereocenters. The Balaban J connectivity index is 2.19. The predicted molar refractivity (Wildman–Crippen MR) is 74.0 cm³/mol. The first-order chi connectivity index (χ1) is 9.84. The van der Waals surface area contributed by atoms with Gasteiger partial charge in [0.05, 0.1) is 11.9 Å². The summed E-state index contributed by atoms with van der Waals surface area (Å²) in [5.41, 5.74) is -0.819. The van der Waals surface area contributed by atoms with E-state index in [4.69, 9.17) is 0 Å². The first kappa shape index (κ1) is 13.9. The van der Waals surface area contributed by atoms with E-state index in [0.717, 1.165) is 15.1 Å². The lowest BCUT2D eigenvalue weighted by Crippen LogP contribution is -2.10. The number of aromatic amines is 1. The molecule has 21 heavy (non-hydrogen) atoms. The van der Waals surface area contributed by atoms with Crippen molar-refractivity contribution >= 4 is 21.4 Å². The Bertz CT molecular complexity index is 865. The van der Waals surface area contributed by atoms with Gasteiger partial charge >= 0.3 is 6.18 Å².